The van der Waals surface area contributed by atoms with E-state index >= 15 is 0 Å². The Morgan fingerprint density at radius 1 is 1.40 bits per heavy atom. The van der Waals surface area contributed by atoms with Gasteiger partial charge in [0.25, 0.3) is 11.5 Å². The van der Waals surface area contributed by atoms with E-state index in [9.17, 15) is 14.4 Å². The monoisotopic (exact) mass is 341 g/mol. The smallest absolute Gasteiger partial charge is 0.349 e. The number of H-pyrrole nitrogens is 1. The number of rotatable bonds is 5. The largest absolute Gasteiger partial charge is 0.352 e. The van der Waals surface area contributed by atoms with Crippen LogP contribution in [-0.2, 0) is 6.54 Å². The van der Waals surface area contributed by atoms with Crippen molar-refractivity contribution in [3.05, 3.63) is 57.3 Å². The number of carbonyl (C=O) groups excluding carboxylic acids is 1. The Balaban J connectivity index is 2.25. The Bertz CT molecular complexity index is 1090. The predicted octanol–water partition coefficient (Wildman–Crippen LogP) is 0.909. The van der Waals surface area contributed by atoms with Crippen LogP contribution in [0.2, 0.25) is 0 Å². The van der Waals surface area contributed by atoms with Gasteiger partial charge in [0, 0.05) is 18.7 Å². The number of amides is 1. The van der Waals surface area contributed by atoms with Crippen LogP contribution in [0.3, 0.4) is 0 Å². The van der Waals surface area contributed by atoms with E-state index in [1.807, 2.05) is 13.8 Å². The molecule has 0 bridgehead atoms. The van der Waals surface area contributed by atoms with Crippen LogP contribution in [0.5, 0.6) is 0 Å². The molecule has 0 spiro atoms. The Morgan fingerprint density at radius 2 is 2.16 bits per heavy atom. The van der Waals surface area contributed by atoms with Gasteiger partial charge in [0.05, 0.1) is 10.9 Å². The Hall–Kier alpha value is -3.16. The summed E-state index contributed by atoms with van der Waals surface area (Å²) in [5, 5.41) is 9.42. The molecular formula is C17H19N5O3. The number of benzene rings is 1. The lowest BCUT2D eigenvalue weighted by atomic mass is 10.1. The SMILES string of the molecule is C=CCn1c(=O)c2ccc(C(=O)NCC(C)C)cc2n2c(=O)[nH]nc12. The molecule has 25 heavy (non-hydrogen) atoms. The van der Waals surface area contributed by atoms with E-state index in [2.05, 4.69) is 22.1 Å². The summed E-state index contributed by atoms with van der Waals surface area (Å²) >= 11 is 0. The van der Waals surface area contributed by atoms with E-state index < -0.39 is 5.69 Å². The molecule has 8 nitrogen and oxygen atoms in total. The van der Waals surface area contributed by atoms with Crippen molar-refractivity contribution in [2.24, 2.45) is 5.92 Å². The highest BCUT2D eigenvalue weighted by Crippen LogP contribution is 2.14. The number of nitrogens with zero attached hydrogens (tertiary/aromatic N) is 3. The van der Waals surface area contributed by atoms with Crippen molar-refractivity contribution in [2.75, 3.05) is 6.54 Å². The lowest BCUT2D eigenvalue weighted by molar-refractivity contribution is 0.0949. The molecule has 0 aliphatic rings. The second-order valence-corrected chi connectivity index (χ2v) is 6.20. The van der Waals surface area contributed by atoms with E-state index in [1.54, 1.807) is 18.2 Å². The van der Waals surface area contributed by atoms with Gasteiger partial charge in [-0.25, -0.2) is 14.3 Å². The molecule has 0 fully saturated rings. The summed E-state index contributed by atoms with van der Waals surface area (Å²) < 4.78 is 2.64. The van der Waals surface area contributed by atoms with Gasteiger partial charge in [-0.2, -0.15) is 0 Å². The second-order valence-electron chi connectivity index (χ2n) is 6.20. The Labute approximate surface area is 142 Å². The molecule has 0 unspecified atom stereocenters. The van der Waals surface area contributed by atoms with E-state index in [-0.39, 0.29) is 23.8 Å². The molecule has 0 radical (unpaired) electrons. The van der Waals surface area contributed by atoms with Crippen molar-refractivity contribution < 1.29 is 4.79 Å². The van der Waals surface area contributed by atoms with Crippen LogP contribution in [-0.4, -0.2) is 31.6 Å². The summed E-state index contributed by atoms with van der Waals surface area (Å²) in [5.74, 6) is 0.247. The van der Waals surface area contributed by atoms with E-state index in [1.165, 1.54) is 15.0 Å². The summed E-state index contributed by atoms with van der Waals surface area (Å²) in [4.78, 5) is 37.1. The fourth-order valence-corrected chi connectivity index (χ4v) is 2.65. The average molecular weight is 341 g/mol. The van der Waals surface area contributed by atoms with Crippen molar-refractivity contribution >= 4 is 22.6 Å². The van der Waals surface area contributed by atoms with Crippen LogP contribution in [0.25, 0.3) is 16.7 Å². The third-order valence-electron chi connectivity index (χ3n) is 3.85. The van der Waals surface area contributed by atoms with Gasteiger partial charge in [0.15, 0.2) is 0 Å². The van der Waals surface area contributed by atoms with Crippen molar-refractivity contribution in [3.63, 3.8) is 0 Å². The number of nitrogens with one attached hydrogen (secondary N) is 2. The molecule has 2 aromatic heterocycles. The first-order valence-electron chi connectivity index (χ1n) is 7.96. The first-order chi connectivity index (χ1) is 11.9. The fraction of sp³-hybridized carbons (Fsp3) is 0.294. The first kappa shape index (κ1) is 16.7. The number of hydrogen-bond acceptors (Lipinski definition) is 4. The molecule has 130 valence electrons. The Kier molecular flexibility index (Phi) is 4.26. The maximum atomic E-state index is 12.7. The third kappa shape index (κ3) is 2.86. The first-order valence-corrected chi connectivity index (χ1v) is 7.96. The van der Waals surface area contributed by atoms with Crippen LogP contribution in [0.4, 0.5) is 0 Å². The highest BCUT2D eigenvalue weighted by Gasteiger charge is 2.16. The normalized spacial score (nSPS) is 11.3. The quantitative estimate of drug-likeness (QED) is 0.674. The molecule has 0 aliphatic heterocycles. The van der Waals surface area contributed by atoms with Gasteiger partial charge in [0.2, 0.25) is 5.78 Å². The molecule has 2 N–H and O–H groups in total. The Morgan fingerprint density at radius 3 is 2.84 bits per heavy atom. The van der Waals surface area contributed by atoms with Crippen LogP contribution in [0.1, 0.15) is 24.2 Å². The molecular weight excluding hydrogens is 322 g/mol. The summed E-state index contributed by atoms with van der Waals surface area (Å²) in [6, 6.07) is 4.67. The average Bonchev–Trinajstić information content (AvgIpc) is 2.97. The van der Waals surface area contributed by atoms with Gasteiger partial charge in [0.1, 0.15) is 0 Å². The van der Waals surface area contributed by atoms with E-state index in [0.717, 1.165) is 0 Å². The van der Waals surface area contributed by atoms with Gasteiger partial charge in [-0.15, -0.1) is 11.7 Å². The maximum absolute atomic E-state index is 12.7. The van der Waals surface area contributed by atoms with Crippen molar-refractivity contribution in [3.8, 4) is 0 Å². The minimum absolute atomic E-state index is 0.183. The zero-order valence-corrected chi connectivity index (χ0v) is 14.1. The molecule has 8 heteroatoms. The summed E-state index contributed by atoms with van der Waals surface area (Å²) in [6.45, 7) is 8.38. The lowest BCUT2D eigenvalue weighted by Gasteiger charge is -2.10. The minimum atomic E-state index is -0.474. The van der Waals surface area contributed by atoms with Gasteiger partial charge in [-0.1, -0.05) is 19.9 Å². The zero-order valence-electron chi connectivity index (χ0n) is 14.1. The van der Waals surface area contributed by atoms with Crippen LogP contribution >= 0.6 is 0 Å². The molecule has 0 saturated heterocycles. The number of aromatic nitrogens is 4. The molecule has 1 amide bonds. The van der Waals surface area contributed by atoms with Crippen molar-refractivity contribution in [2.45, 2.75) is 20.4 Å². The van der Waals surface area contributed by atoms with Crippen molar-refractivity contribution in [1.29, 1.82) is 0 Å². The van der Waals surface area contributed by atoms with Gasteiger partial charge in [-0.3, -0.25) is 14.2 Å². The number of hydrogen-bond donors (Lipinski definition) is 2. The summed E-state index contributed by atoms with van der Waals surface area (Å²) in [7, 11) is 0. The molecule has 0 atom stereocenters. The highest BCUT2D eigenvalue weighted by atomic mass is 16.2. The number of aromatic amines is 1. The number of allylic oxidation sites excluding steroid dienone is 1. The fourth-order valence-electron chi connectivity index (χ4n) is 2.65. The van der Waals surface area contributed by atoms with Crippen LogP contribution < -0.4 is 16.6 Å². The molecule has 3 aromatic rings. The second kappa shape index (κ2) is 6.39. The molecule has 0 saturated carbocycles. The van der Waals surface area contributed by atoms with Gasteiger partial charge >= 0.3 is 5.69 Å². The summed E-state index contributed by atoms with van der Waals surface area (Å²) in [5.41, 5.74) is -0.0484. The minimum Gasteiger partial charge on any atom is -0.352 e. The molecule has 2 heterocycles. The standard InChI is InChI=1S/C17H19N5O3/c1-4-7-21-15(24)12-6-5-11(14(23)18-9-10(2)3)8-13(12)22-16(21)19-20-17(22)25/h4-6,8,10H,1,7,9H2,2-3H3,(H,18,23)(H,20,25). The number of carbonyl (C=O) groups is 1. The molecule has 1 aromatic carbocycles. The summed E-state index contributed by atoms with van der Waals surface area (Å²) in [6.07, 6.45) is 1.56. The molecule has 3 rings (SSSR count). The predicted molar refractivity (Wildman–Crippen MR) is 94.9 cm³/mol. The lowest BCUT2D eigenvalue weighted by Crippen LogP contribution is -2.28. The van der Waals surface area contributed by atoms with E-state index in [0.29, 0.717) is 28.9 Å². The maximum Gasteiger partial charge on any atom is 0.349 e. The van der Waals surface area contributed by atoms with Gasteiger partial charge < -0.3 is 5.32 Å². The topological polar surface area (TPSA) is 101 Å². The van der Waals surface area contributed by atoms with Crippen molar-refractivity contribution in [1.82, 2.24) is 24.5 Å². The van der Waals surface area contributed by atoms with Crippen LogP contribution in [0.15, 0.2) is 40.4 Å². The molecule has 0 aliphatic carbocycles. The zero-order chi connectivity index (χ0) is 18.1. The highest BCUT2D eigenvalue weighted by molar-refractivity contribution is 5.98. The van der Waals surface area contributed by atoms with Gasteiger partial charge in [-0.05, 0) is 24.1 Å². The van der Waals surface area contributed by atoms with Crippen LogP contribution in [0, 0.1) is 5.92 Å². The third-order valence-corrected chi connectivity index (χ3v) is 3.85. The van der Waals surface area contributed by atoms with E-state index in [4.69, 9.17) is 0 Å². The number of fused-ring (bicyclic) bond motifs is 3.